The summed E-state index contributed by atoms with van der Waals surface area (Å²) in [6, 6.07) is 0. The number of hydrogen-bond acceptors (Lipinski definition) is 5. The third kappa shape index (κ3) is 4.89. The van der Waals surface area contributed by atoms with Gasteiger partial charge < -0.3 is 19.7 Å². The summed E-state index contributed by atoms with van der Waals surface area (Å²) in [5, 5.41) is 20.8. The molecule has 1 aromatic rings. The van der Waals surface area contributed by atoms with Gasteiger partial charge in [0.1, 0.15) is 12.2 Å². The van der Waals surface area contributed by atoms with Crippen molar-refractivity contribution in [2.45, 2.75) is 50.9 Å². The maximum absolute atomic E-state index is 9.85. The summed E-state index contributed by atoms with van der Waals surface area (Å²) in [7, 11) is 1.90. The van der Waals surface area contributed by atoms with E-state index >= 15 is 0 Å². The van der Waals surface area contributed by atoms with Crippen molar-refractivity contribution in [2.24, 2.45) is 7.05 Å². The number of nitrogens with one attached hydrogen (secondary N) is 1. The molecule has 2 rings (SSSR count). The van der Waals surface area contributed by atoms with Gasteiger partial charge in [0, 0.05) is 13.6 Å². The van der Waals surface area contributed by atoms with Gasteiger partial charge in [0.05, 0.1) is 25.4 Å². The van der Waals surface area contributed by atoms with Crippen LogP contribution in [0, 0.1) is 0 Å². The van der Waals surface area contributed by atoms with Gasteiger partial charge in [-0.05, 0) is 12.8 Å². The molecule has 2 N–H and O–H groups in total. The second-order valence-electron chi connectivity index (χ2n) is 5.24. The fraction of sp³-hybridized carbons (Fsp3) is 0.846. The number of aliphatic hydroxyl groups excluding tert-OH is 1. The molecule has 0 aliphatic heterocycles. The van der Waals surface area contributed by atoms with Crippen LogP contribution in [-0.4, -0.2) is 45.2 Å². The topological polar surface area (TPSA) is 72.2 Å². The highest BCUT2D eigenvalue weighted by Gasteiger charge is 2.15. The van der Waals surface area contributed by atoms with E-state index in [4.69, 9.17) is 4.74 Å². The van der Waals surface area contributed by atoms with Gasteiger partial charge in [0.25, 0.3) is 0 Å². The van der Waals surface area contributed by atoms with Crippen molar-refractivity contribution in [1.29, 1.82) is 0 Å². The van der Waals surface area contributed by atoms with E-state index in [1.807, 2.05) is 11.6 Å². The Morgan fingerprint density at radius 3 is 2.95 bits per heavy atom. The Kier molecular flexibility index (Phi) is 5.75. The Morgan fingerprint density at radius 1 is 1.47 bits per heavy atom. The highest BCUT2D eigenvalue weighted by atomic mass is 16.5. The van der Waals surface area contributed by atoms with E-state index in [2.05, 4.69) is 15.5 Å². The van der Waals surface area contributed by atoms with Crippen molar-refractivity contribution in [3.63, 3.8) is 0 Å². The van der Waals surface area contributed by atoms with Crippen LogP contribution in [0.15, 0.2) is 6.33 Å². The number of nitrogens with zero attached hydrogens (tertiary/aromatic N) is 3. The average Bonchev–Trinajstić information content (AvgIpc) is 2.83. The zero-order valence-corrected chi connectivity index (χ0v) is 11.6. The molecule has 0 saturated heterocycles. The first-order chi connectivity index (χ1) is 9.25. The van der Waals surface area contributed by atoms with E-state index in [9.17, 15) is 5.11 Å². The molecule has 6 heteroatoms. The van der Waals surface area contributed by atoms with Gasteiger partial charge in [-0.2, -0.15) is 0 Å². The van der Waals surface area contributed by atoms with Gasteiger partial charge in [0.2, 0.25) is 0 Å². The fourth-order valence-electron chi connectivity index (χ4n) is 2.36. The van der Waals surface area contributed by atoms with Crippen LogP contribution in [0.25, 0.3) is 0 Å². The van der Waals surface area contributed by atoms with Crippen LogP contribution in [0.3, 0.4) is 0 Å². The summed E-state index contributed by atoms with van der Waals surface area (Å²) in [6.45, 7) is 1.53. The van der Waals surface area contributed by atoms with Crippen molar-refractivity contribution in [3.05, 3.63) is 12.2 Å². The summed E-state index contributed by atoms with van der Waals surface area (Å²) < 4.78 is 7.59. The number of aliphatic hydroxyl groups is 1. The van der Waals surface area contributed by atoms with Crippen molar-refractivity contribution in [1.82, 2.24) is 20.1 Å². The molecular formula is C13H24N4O2. The predicted octanol–water partition coefficient (Wildman–Crippen LogP) is 0.615. The van der Waals surface area contributed by atoms with Crippen LogP contribution in [-0.2, 0) is 18.3 Å². The molecule has 19 heavy (non-hydrogen) atoms. The average molecular weight is 268 g/mol. The molecule has 6 nitrogen and oxygen atoms in total. The van der Waals surface area contributed by atoms with Gasteiger partial charge in [-0.1, -0.05) is 19.3 Å². The van der Waals surface area contributed by atoms with Crippen LogP contribution in [0.2, 0.25) is 0 Å². The molecule has 0 radical (unpaired) electrons. The Labute approximate surface area is 114 Å². The quantitative estimate of drug-likeness (QED) is 0.758. The fourth-order valence-corrected chi connectivity index (χ4v) is 2.36. The number of ether oxygens (including phenoxy) is 1. The van der Waals surface area contributed by atoms with Crippen LogP contribution in [0.5, 0.6) is 0 Å². The minimum Gasteiger partial charge on any atom is -0.389 e. The number of hydrogen-bond donors (Lipinski definition) is 2. The molecule has 1 unspecified atom stereocenters. The van der Waals surface area contributed by atoms with Crippen LogP contribution < -0.4 is 5.32 Å². The molecule has 0 spiro atoms. The Hall–Kier alpha value is -0.980. The third-order valence-electron chi connectivity index (χ3n) is 3.54. The van der Waals surface area contributed by atoms with E-state index in [1.165, 1.54) is 19.3 Å². The van der Waals surface area contributed by atoms with E-state index in [0.29, 0.717) is 25.8 Å². The van der Waals surface area contributed by atoms with Gasteiger partial charge in [-0.3, -0.25) is 0 Å². The first kappa shape index (κ1) is 14.4. The second-order valence-corrected chi connectivity index (χ2v) is 5.24. The van der Waals surface area contributed by atoms with Gasteiger partial charge >= 0.3 is 0 Å². The standard InChI is InChI=1S/C13H24N4O2/c1-17-10-15-16-13(17)8-14-7-11(18)9-19-12-5-3-2-4-6-12/h10-12,14,18H,2-9H2,1H3. The molecule has 1 heterocycles. The molecule has 108 valence electrons. The Balaban J connectivity index is 1.56. The molecular weight excluding hydrogens is 244 g/mol. The zero-order valence-electron chi connectivity index (χ0n) is 11.6. The third-order valence-corrected chi connectivity index (χ3v) is 3.54. The normalized spacial score (nSPS) is 18.6. The van der Waals surface area contributed by atoms with Crippen LogP contribution in [0.1, 0.15) is 37.9 Å². The van der Waals surface area contributed by atoms with Gasteiger partial charge in [-0.25, -0.2) is 0 Å². The van der Waals surface area contributed by atoms with Crippen LogP contribution in [0.4, 0.5) is 0 Å². The minimum absolute atomic E-state index is 0.349. The summed E-state index contributed by atoms with van der Waals surface area (Å²) in [6.07, 6.45) is 7.66. The SMILES string of the molecule is Cn1cnnc1CNCC(O)COC1CCCCC1. The molecule has 1 aliphatic rings. The zero-order chi connectivity index (χ0) is 13.5. The van der Waals surface area contributed by atoms with Crippen molar-refractivity contribution in [3.8, 4) is 0 Å². The number of aromatic nitrogens is 3. The molecule has 0 aromatic carbocycles. The van der Waals surface area contributed by atoms with Crippen LogP contribution >= 0.6 is 0 Å². The molecule has 1 atom stereocenters. The molecule has 0 bridgehead atoms. The summed E-state index contributed by atoms with van der Waals surface area (Å²) in [5.41, 5.74) is 0. The van der Waals surface area contributed by atoms with Crippen molar-refractivity contribution in [2.75, 3.05) is 13.2 Å². The number of rotatable bonds is 7. The Bertz CT molecular complexity index is 363. The summed E-state index contributed by atoms with van der Waals surface area (Å²) in [4.78, 5) is 0. The highest BCUT2D eigenvalue weighted by Crippen LogP contribution is 2.20. The first-order valence-electron chi connectivity index (χ1n) is 7.09. The first-order valence-corrected chi connectivity index (χ1v) is 7.09. The lowest BCUT2D eigenvalue weighted by atomic mass is 9.98. The predicted molar refractivity (Wildman–Crippen MR) is 71.5 cm³/mol. The van der Waals surface area contributed by atoms with E-state index in [-0.39, 0.29) is 0 Å². The summed E-state index contributed by atoms with van der Waals surface area (Å²) in [5.74, 6) is 0.861. The largest absolute Gasteiger partial charge is 0.389 e. The smallest absolute Gasteiger partial charge is 0.146 e. The maximum Gasteiger partial charge on any atom is 0.146 e. The van der Waals surface area contributed by atoms with E-state index in [0.717, 1.165) is 18.7 Å². The molecule has 0 amide bonds. The van der Waals surface area contributed by atoms with E-state index in [1.54, 1.807) is 6.33 Å². The van der Waals surface area contributed by atoms with Gasteiger partial charge in [-0.15, -0.1) is 10.2 Å². The molecule has 1 aliphatic carbocycles. The minimum atomic E-state index is -0.463. The lowest BCUT2D eigenvalue weighted by Crippen LogP contribution is -2.32. The molecule has 1 fully saturated rings. The van der Waals surface area contributed by atoms with Crippen molar-refractivity contribution >= 4 is 0 Å². The molecule has 1 saturated carbocycles. The summed E-state index contributed by atoms with van der Waals surface area (Å²) >= 11 is 0. The van der Waals surface area contributed by atoms with E-state index < -0.39 is 6.10 Å². The maximum atomic E-state index is 9.85. The second kappa shape index (κ2) is 7.57. The number of aryl methyl sites for hydroxylation is 1. The van der Waals surface area contributed by atoms with Crippen molar-refractivity contribution < 1.29 is 9.84 Å². The highest BCUT2D eigenvalue weighted by molar-refractivity contribution is 4.83. The molecule has 1 aromatic heterocycles. The van der Waals surface area contributed by atoms with Gasteiger partial charge in [0.15, 0.2) is 0 Å². The lowest BCUT2D eigenvalue weighted by molar-refractivity contribution is -0.0230. The lowest BCUT2D eigenvalue weighted by Gasteiger charge is -2.23. The Morgan fingerprint density at radius 2 is 2.26 bits per heavy atom. The monoisotopic (exact) mass is 268 g/mol.